The molecule has 0 saturated carbocycles. The van der Waals surface area contributed by atoms with Crippen molar-refractivity contribution < 1.29 is 15.6 Å². The zero-order chi connectivity index (χ0) is 21.8. The molecule has 2 aromatic heterocycles. The molecule has 30 heavy (non-hydrogen) atoms. The molecule has 0 spiro atoms. The molecule has 3 heterocycles. The van der Waals surface area contributed by atoms with E-state index in [4.69, 9.17) is 10.8 Å². The van der Waals surface area contributed by atoms with Gasteiger partial charge in [0.2, 0.25) is 0 Å². The minimum Gasteiger partial charge on any atom is -0.375 e. The van der Waals surface area contributed by atoms with E-state index in [2.05, 4.69) is 32.5 Å². The maximum Gasteiger partial charge on any atom is 0.256 e. The number of hydrogen-bond donors (Lipinski definition) is 2. The van der Waals surface area contributed by atoms with Gasteiger partial charge in [0.15, 0.2) is 23.2 Å². The molecule has 0 radical (unpaired) electrons. The minimum absolute atomic E-state index is 0.0538. The molecule has 1 saturated heterocycles. The number of anilines is 1. The van der Waals surface area contributed by atoms with Crippen molar-refractivity contribution in [3.63, 3.8) is 0 Å². The van der Waals surface area contributed by atoms with Crippen LogP contribution in [0.2, 0.25) is 0 Å². The van der Waals surface area contributed by atoms with E-state index in [1.54, 1.807) is 37.7 Å². The van der Waals surface area contributed by atoms with Crippen LogP contribution >= 0.6 is 0 Å². The van der Waals surface area contributed by atoms with Crippen LogP contribution in [-0.4, -0.2) is 57.3 Å². The van der Waals surface area contributed by atoms with Gasteiger partial charge in [-0.15, -0.1) is 0 Å². The lowest BCUT2D eigenvalue weighted by atomic mass is 10.0. The number of hydrogen-bond acceptors (Lipinski definition) is 7. The van der Waals surface area contributed by atoms with Gasteiger partial charge in [0, 0.05) is 14.0 Å². The fraction of sp³-hybridized carbons (Fsp3) is 0.429. The van der Waals surface area contributed by atoms with E-state index in [0.29, 0.717) is 29.1 Å². The van der Waals surface area contributed by atoms with Gasteiger partial charge >= 0.3 is 0 Å². The van der Waals surface area contributed by atoms with E-state index in [-0.39, 0.29) is 31.1 Å². The first-order valence-corrected chi connectivity index (χ1v) is 9.92. The average Bonchev–Trinajstić information content (AvgIpc) is 3.39. The summed E-state index contributed by atoms with van der Waals surface area (Å²) in [5.41, 5.74) is 1.55. The molecule has 9 nitrogen and oxygen atoms in total. The Morgan fingerprint density at radius 3 is 2.87 bits per heavy atom. The molecule has 2 N–H and O–H groups in total. The summed E-state index contributed by atoms with van der Waals surface area (Å²) >= 11 is 0. The monoisotopic (exact) mass is 412 g/mol. The molecule has 1 fully saturated rings. The number of imidazole rings is 1. The second kappa shape index (κ2) is 8.86. The molecule has 1 aliphatic rings. The van der Waals surface area contributed by atoms with Gasteiger partial charge in [0.05, 0.1) is 18.5 Å². The van der Waals surface area contributed by atoms with Gasteiger partial charge < -0.3 is 20.1 Å². The molecule has 1 aromatic carbocycles. The highest BCUT2D eigenvalue weighted by Gasteiger charge is 2.45. The summed E-state index contributed by atoms with van der Waals surface area (Å²) < 4.78 is 21.3. The van der Waals surface area contributed by atoms with Gasteiger partial charge in [0.1, 0.15) is 12.4 Å². The van der Waals surface area contributed by atoms with Crippen molar-refractivity contribution in [2.75, 3.05) is 19.0 Å². The van der Waals surface area contributed by atoms with Gasteiger partial charge in [-0.2, -0.15) is 0 Å². The number of nitrogens with one attached hydrogen (secondary N) is 2. The molecule has 1 amide bonds. The van der Waals surface area contributed by atoms with Gasteiger partial charge in [0.25, 0.3) is 5.91 Å². The number of rotatable bonds is 7. The SMILES string of the molecule is [3H]CCN[C@@H]1C(OC)[C@H](n2cnc3c(NC(=O)c4ccccc4)ncnc32)O[C@@H]1CC. The number of benzene rings is 1. The number of aromatic nitrogens is 4. The smallest absolute Gasteiger partial charge is 0.256 e. The van der Waals surface area contributed by atoms with Gasteiger partial charge in [-0.25, -0.2) is 15.0 Å². The Morgan fingerprint density at radius 2 is 2.13 bits per heavy atom. The first kappa shape index (κ1) is 19.1. The first-order valence-electron chi connectivity index (χ1n) is 10.6. The van der Waals surface area contributed by atoms with Crippen molar-refractivity contribution >= 4 is 22.9 Å². The topological polar surface area (TPSA) is 103 Å². The predicted octanol–water partition coefficient (Wildman–Crippen LogP) is 2.38. The lowest BCUT2D eigenvalue weighted by molar-refractivity contribution is -0.0482. The van der Waals surface area contributed by atoms with E-state index in [9.17, 15) is 4.79 Å². The number of fused-ring (bicyclic) bond motifs is 1. The van der Waals surface area contributed by atoms with Crippen molar-refractivity contribution in [3.8, 4) is 0 Å². The maximum absolute atomic E-state index is 12.6. The molecule has 1 unspecified atom stereocenters. The summed E-state index contributed by atoms with van der Waals surface area (Å²) in [5, 5.41) is 6.18. The molecule has 9 heteroatoms. The van der Waals surface area contributed by atoms with Crippen LogP contribution in [0.25, 0.3) is 11.2 Å². The summed E-state index contributed by atoms with van der Waals surface area (Å²) in [6.45, 7) is 2.89. The zero-order valence-electron chi connectivity index (χ0n) is 18.0. The second-order valence-electron chi connectivity index (χ2n) is 7.02. The quantitative estimate of drug-likeness (QED) is 0.614. The summed E-state index contributed by atoms with van der Waals surface area (Å²) in [5.74, 6) is 0.0632. The summed E-state index contributed by atoms with van der Waals surface area (Å²) in [7, 11) is 1.65. The Labute approximate surface area is 176 Å². The van der Waals surface area contributed by atoms with Crippen molar-refractivity contribution in [1.82, 2.24) is 24.8 Å². The summed E-state index contributed by atoms with van der Waals surface area (Å²) in [6, 6.07) is 8.87. The summed E-state index contributed by atoms with van der Waals surface area (Å²) in [6.07, 6.45) is 3.02. The van der Waals surface area contributed by atoms with E-state index in [1.807, 2.05) is 10.6 Å². The maximum atomic E-state index is 12.6. The fourth-order valence-electron chi connectivity index (χ4n) is 3.88. The third kappa shape index (κ3) is 3.67. The lowest BCUT2D eigenvalue weighted by Crippen LogP contribution is -2.45. The van der Waals surface area contributed by atoms with E-state index < -0.39 is 6.23 Å². The number of methoxy groups -OCH3 is 1. The standard InChI is InChI=1S/C21H26N6O3/c1-4-14-15(22-5-2)17(29-3)21(30-14)27-12-25-16-18(23-11-24-19(16)27)26-20(28)13-9-7-6-8-10-13/h6-12,14-15,17,21-22H,4-5H2,1-3H3,(H,23,24,26,28)/t14-,15+,17?,21-/m1/s1/i2T. The van der Waals surface area contributed by atoms with Crippen LogP contribution in [0.1, 0.15) is 38.2 Å². The highest BCUT2D eigenvalue weighted by Crippen LogP contribution is 2.35. The van der Waals surface area contributed by atoms with Crippen LogP contribution in [0.15, 0.2) is 43.0 Å². The largest absolute Gasteiger partial charge is 0.375 e. The Morgan fingerprint density at radius 1 is 1.30 bits per heavy atom. The number of amides is 1. The van der Waals surface area contributed by atoms with E-state index in [1.165, 1.54) is 6.33 Å². The summed E-state index contributed by atoms with van der Waals surface area (Å²) in [4.78, 5) is 25.6. The molecule has 3 aromatic rings. The highest BCUT2D eigenvalue weighted by atomic mass is 16.6. The molecule has 4 atom stereocenters. The lowest BCUT2D eigenvalue weighted by Gasteiger charge is -2.23. The molecule has 4 rings (SSSR count). The van der Waals surface area contributed by atoms with E-state index >= 15 is 0 Å². The van der Waals surface area contributed by atoms with Crippen LogP contribution in [0.3, 0.4) is 0 Å². The molecule has 0 bridgehead atoms. The Hall–Kier alpha value is -2.88. The number of likely N-dealkylation sites (N-methyl/N-ethyl adjacent to an activating group) is 1. The van der Waals surface area contributed by atoms with Crippen molar-refractivity contribution in [1.29, 1.82) is 0 Å². The average molecular weight is 412 g/mol. The van der Waals surface area contributed by atoms with E-state index in [0.717, 1.165) is 6.42 Å². The first-order chi connectivity index (χ1) is 15.2. The second-order valence-corrected chi connectivity index (χ2v) is 7.02. The van der Waals surface area contributed by atoms with Crippen molar-refractivity contribution in [2.24, 2.45) is 0 Å². The molecule has 0 aliphatic carbocycles. The Bertz CT molecular complexity index is 1030. The number of carbonyl (C=O) groups excluding carboxylic acids is 1. The van der Waals surface area contributed by atoms with Crippen molar-refractivity contribution in [2.45, 2.75) is 44.7 Å². The van der Waals surface area contributed by atoms with Gasteiger partial charge in [-0.3, -0.25) is 9.36 Å². The van der Waals surface area contributed by atoms with Crippen LogP contribution in [0.4, 0.5) is 5.82 Å². The van der Waals surface area contributed by atoms with Crippen LogP contribution < -0.4 is 10.6 Å². The Balaban J connectivity index is 1.63. The predicted molar refractivity (Wildman–Crippen MR) is 112 cm³/mol. The van der Waals surface area contributed by atoms with Crippen molar-refractivity contribution in [3.05, 3.63) is 48.5 Å². The number of carbonyl (C=O) groups is 1. The van der Waals surface area contributed by atoms with Crippen LogP contribution in [-0.2, 0) is 9.47 Å². The molecule has 1 aliphatic heterocycles. The third-order valence-electron chi connectivity index (χ3n) is 5.31. The van der Waals surface area contributed by atoms with Gasteiger partial charge in [-0.1, -0.05) is 32.0 Å². The van der Waals surface area contributed by atoms with Crippen LogP contribution in [0, 0.1) is 0 Å². The molecule has 158 valence electrons. The molecular weight excluding hydrogens is 384 g/mol. The Kier molecular flexibility index (Phi) is 5.65. The molecular formula is C21H26N6O3. The van der Waals surface area contributed by atoms with Gasteiger partial charge in [-0.05, 0) is 25.1 Å². The minimum atomic E-state index is -0.448. The third-order valence-corrected chi connectivity index (χ3v) is 5.31. The number of ether oxygens (including phenoxy) is 2. The number of nitrogens with zero attached hydrogens (tertiary/aromatic N) is 4. The highest BCUT2D eigenvalue weighted by molar-refractivity contribution is 6.06. The fourth-order valence-corrected chi connectivity index (χ4v) is 3.88. The van der Waals surface area contributed by atoms with Crippen LogP contribution in [0.5, 0.6) is 0 Å². The zero-order valence-corrected chi connectivity index (χ0v) is 17.0. The normalized spacial score (nSPS) is 24.1.